The number of pyridine rings is 1. The number of nitrogen functional groups attached to an aromatic ring is 1. The molecule has 1 aromatic heterocycles. The van der Waals surface area contributed by atoms with Crippen molar-refractivity contribution in [3.05, 3.63) is 18.3 Å². The van der Waals surface area contributed by atoms with Crippen molar-refractivity contribution in [2.75, 3.05) is 17.3 Å². The highest BCUT2D eigenvalue weighted by atomic mass is 35.5. The maximum absolute atomic E-state index is 5.57. The lowest BCUT2D eigenvalue weighted by Gasteiger charge is -2.14. The highest BCUT2D eigenvalue weighted by Crippen LogP contribution is 2.07. The Bertz CT molecular complexity index is 229. The van der Waals surface area contributed by atoms with Crippen molar-refractivity contribution in [3.63, 3.8) is 0 Å². The molecule has 4 N–H and O–H groups in total. The molecule has 0 aliphatic carbocycles. The van der Waals surface area contributed by atoms with E-state index in [0.29, 0.717) is 5.69 Å². The molecule has 0 radical (unpaired) electrons. The van der Waals surface area contributed by atoms with Gasteiger partial charge in [0, 0.05) is 6.54 Å². The zero-order valence-corrected chi connectivity index (χ0v) is 10.2. The van der Waals surface area contributed by atoms with E-state index in [2.05, 4.69) is 4.98 Å². The fourth-order valence-electron chi connectivity index (χ4n) is 0.729. The van der Waals surface area contributed by atoms with Gasteiger partial charge in [-0.25, -0.2) is 10.8 Å². The summed E-state index contributed by atoms with van der Waals surface area (Å²) in [4.78, 5) is 4.02. The molecule has 0 aromatic carbocycles. The van der Waals surface area contributed by atoms with Crippen LogP contribution in [0.3, 0.4) is 0 Å². The van der Waals surface area contributed by atoms with E-state index in [1.54, 1.807) is 23.3 Å². The number of nitrogens with two attached hydrogens (primary N) is 2. The van der Waals surface area contributed by atoms with Crippen LogP contribution >= 0.6 is 37.2 Å². The Labute approximate surface area is 102 Å². The molecule has 0 aliphatic rings. The van der Waals surface area contributed by atoms with Crippen LogP contribution in [0.1, 0.15) is 6.92 Å². The first-order valence-corrected chi connectivity index (χ1v) is 3.47. The average molecular weight is 262 g/mol. The quantitative estimate of drug-likeness (QED) is 0.627. The molecule has 0 saturated heterocycles. The molecule has 0 aliphatic heterocycles. The number of rotatable bonds is 2. The summed E-state index contributed by atoms with van der Waals surface area (Å²) in [5.74, 6) is 6.31. The molecule has 4 nitrogen and oxygen atoms in total. The summed E-state index contributed by atoms with van der Waals surface area (Å²) in [5, 5.41) is 1.56. The number of hydrogen-bond donors (Lipinski definition) is 2. The number of anilines is 2. The topological polar surface area (TPSA) is 68.2 Å². The molecule has 0 bridgehead atoms. The lowest BCUT2D eigenvalue weighted by Crippen LogP contribution is -2.30. The van der Waals surface area contributed by atoms with Gasteiger partial charge >= 0.3 is 0 Å². The van der Waals surface area contributed by atoms with Gasteiger partial charge in [0.15, 0.2) is 0 Å². The second-order valence-corrected chi connectivity index (χ2v) is 2.24. The SMILES string of the molecule is CCN(N)c1ccc(N)cn1.Cl.Cl.Cl. The molecular formula is C7H15Cl3N4. The number of halogens is 3. The van der Waals surface area contributed by atoms with Crippen LogP contribution in [0.2, 0.25) is 0 Å². The fraction of sp³-hybridized carbons (Fsp3) is 0.286. The number of nitrogens with zero attached hydrogens (tertiary/aromatic N) is 2. The van der Waals surface area contributed by atoms with Gasteiger partial charge in [-0.2, -0.15) is 0 Å². The third-order valence-corrected chi connectivity index (χ3v) is 1.41. The largest absolute Gasteiger partial charge is 0.397 e. The molecule has 0 amide bonds. The van der Waals surface area contributed by atoms with E-state index in [0.717, 1.165) is 12.4 Å². The summed E-state index contributed by atoms with van der Waals surface area (Å²) in [6.45, 7) is 2.69. The van der Waals surface area contributed by atoms with Gasteiger partial charge in [-0.05, 0) is 19.1 Å². The van der Waals surface area contributed by atoms with Crippen LogP contribution in [0.5, 0.6) is 0 Å². The highest BCUT2D eigenvalue weighted by Gasteiger charge is 1.97. The molecule has 0 fully saturated rings. The second kappa shape index (κ2) is 9.15. The predicted octanol–water partition coefficient (Wildman–Crippen LogP) is 1.63. The van der Waals surface area contributed by atoms with Gasteiger partial charge in [0.2, 0.25) is 0 Å². The molecule has 7 heteroatoms. The lowest BCUT2D eigenvalue weighted by atomic mass is 10.4. The van der Waals surface area contributed by atoms with Crippen LogP contribution < -0.4 is 16.6 Å². The molecule has 0 unspecified atom stereocenters. The van der Waals surface area contributed by atoms with Crippen LogP contribution in [0.4, 0.5) is 11.5 Å². The number of aromatic nitrogens is 1. The summed E-state index contributed by atoms with van der Waals surface area (Å²) < 4.78 is 0. The summed E-state index contributed by atoms with van der Waals surface area (Å²) in [7, 11) is 0. The lowest BCUT2D eigenvalue weighted by molar-refractivity contribution is 0.869. The third-order valence-electron chi connectivity index (χ3n) is 1.41. The standard InChI is InChI=1S/C7H12N4.3ClH/c1-2-11(9)7-4-3-6(8)5-10-7;;;/h3-5H,2,8-9H2,1H3;3*1H. The van der Waals surface area contributed by atoms with Gasteiger partial charge in [-0.15, -0.1) is 37.2 Å². The Morgan fingerprint density at radius 3 is 2.21 bits per heavy atom. The van der Waals surface area contributed by atoms with Crippen LogP contribution in [0, 0.1) is 0 Å². The van der Waals surface area contributed by atoms with Gasteiger partial charge in [0.25, 0.3) is 0 Å². The minimum Gasteiger partial charge on any atom is -0.397 e. The van der Waals surface area contributed by atoms with Gasteiger partial charge in [-0.3, -0.25) is 5.01 Å². The summed E-state index contributed by atoms with van der Waals surface area (Å²) in [5.41, 5.74) is 6.10. The van der Waals surface area contributed by atoms with E-state index in [-0.39, 0.29) is 37.2 Å². The van der Waals surface area contributed by atoms with E-state index >= 15 is 0 Å². The van der Waals surface area contributed by atoms with Crippen molar-refractivity contribution >= 4 is 48.7 Å². The molecule has 0 spiro atoms. The molecule has 1 heterocycles. The Morgan fingerprint density at radius 1 is 1.29 bits per heavy atom. The Hall–Kier alpha value is -0.420. The van der Waals surface area contributed by atoms with Crippen molar-refractivity contribution in [1.29, 1.82) is 0 Å². The summed E-state index contributed by atoms with van der Waals surface area (Å²) in [6, 6.07) is 3.57. The Balaban J connectivity index is -0.000000403. The first-order valence-electron chi connectivity index (χ1n) is 3.47. The van der Waals surface area contributed by atoms with Gasteiger partial charge in [-0.1, -0.05) is 0 Å². The monoisotopic (exact) mass is 260 g/mol. The van der Waals surface area contributed by atoms with E-state index in [1.165, 1.54) is 0 Å². The van der Waals surface area contributed by atoms with Crippen molar-refractivity contribution in [2.24, 2.45) is 5.84 Å². The summed E-state index contributed by atoms with van der Waals surface area (Å²) in [6.07, 6.45) is 1.59. The maximum atomic E-state index is 5.57. The maximum Gasteiger partial charge on any atom is 0.142 e. The molecule has 1 aromatic rings. The smallest absolute Gasteiger partial charge is 0.142 e. The van der Waals surface area contributed by atoms with Crippen LogP contribution in [0.15, 0.2) is 18.3 Å². The first-order chi connectivity index (χ1) is 5.24. The van der Waals surface area contributed by atoms with Crippen molar-refractivity contribution in [2.45, 2.75) is 6.92 Å². The molecule has 1 rings (SSSR count). The number of hydrazine groups is 1. The molecule has 0 saturated carbocycles. The van der Waals surface area contributed by atoms with Crippen LogP contribution in [-0.4, -0.2) is 11.5 Å². The van der Waals surface area contributed by atoms with Crippen molar-refractivity contribution in [3.8, 4) is 0 Å². The minimum atomic E-state index is 0. The fourth-order valence-corrected chi connectivity index (χ4v) is 0.729. The molecule has 0 atom stereocenters. The number of hydrogen-bond acceptors (Lipinski definition) is 4. The van der Waals surface area contributed by atoms with E-state index in [4.69, 9.17) is 11.6 Å². The van der Waals surface area contributed by atoms with E-state index < -0.39 is 0 Å². The van der Waals surface area contributed by atoms with Gasteiger partial charge in [0.1, 0.15) is 5.82 Å². The molecule has 84 valence electrons. The predicted molar refractivity (Wildman–Crippen MR) is 67.6 cm³/mol. The zero-order chi connectivity index (χ0) is 8.27. The third kappa shape index (κ3) is 5.34. The van der Waals surface area contributed by atoms with Gasteiger partial charge in [0.05, 0.1) is 11.9 Å². The minimum absolute atomic E-state index is 0. The van der Waals surface area contributed by atoms with Crippen LogP contribution in [0.25, 0.3) is 0 Å². The Morgan fingerprint density at radius 2 is 1.86 bits per heavy atom. The Kier molecular flexibility index (Phi) is 12.5. The summed E-state index contributed by atoms with van der Waals surface area (Å²) >= 11 is 0. The molecular weight excluding hydrogens is 246 g/mol. The van der Waals surface area contributed by atoms with E-state index in [1.807, 2.05) is 6.92 Å². The van der Waals surface area contributed by atoms with Crippen LogP contribution in [-0.2, 0) is 0 Å². The highest BCUT2D eigenvalue weighted by molar-refractivity contribution is 5.86. The zero-order valence-electron chi connectivity index (χ0n) is 7.71. The van der Waals surface area contributed by atoms with Crippen molar-refractivity contribution in [1.82, 2.24) is 4.98 Å². The van der Waals surface area contributed by atoms with Gasteiger partial charge < -0.3 is 5.73 Å². The molecule has 14 heavy (non-hydrogen) atoms. The normalized spacial score (nSPS) is 7.57. The second-order valence-electron chi connectivity index (χ2n) is 2.24. The first kappa shape index (κ1) is 19.2. The average Bonchev–Trinajstić information content (AvgIpc) is 2.05. The van der Waals surface area contributed by atoms with E-state index in [9.17, 15) is 0 Å². The van der Waals surface area contributed by atoms with Crippen molar-refractivity contribution < 1.29 is 0 Å².